The molecule has 0 unspecified atom stereocenters. The molecule has 0 fully saturated rings. The van der Waals surface area contributed by atoms with Crippen LogP contribution in [0.4, 0.5) is 17.3 Å². The van der Waals surface area contributed by atoms with E-state index in [1.165, 1.54) is 6.33 Å². The normalized spacial score (nSPS) is 12.1. The Morgan fingerprint density at radius 1 is 1.50 bits per heavy atom. The fourth-order valence-corrected chi connectivity index (χ4v) is 1.80. The summed E-state index contributed by atoms with van der Waals surface area (Å²) < 4.78 is 0. The maximum absolute atomic E-state index is 10.9. The molecular formula is C11H19N5O2. The van der Waals surface area contributed by atoms with Gasteiger partial charge in [-0.3, -0.25) is 10.1 Å². The molecule has 0 aromatic carbocycles. The Labute approximate surface area is 106 Å². The van der Waals surface area contributed by atoms with Crippen LogP contribution in [0.2, 0.25) is 0 Å². The summed E-state index contributed by atoms with van der Waals surface area (Å²) >= 11 is 0. The van der Waals surface area contributed by atoms with E-state index < -0.39 is 4.92 Å². The first-order valence-corrected chi connectivity index (χ1v) is 6.08. The highest BCUT2D eigenvalue weighted by Crippen LogP contribution is 2.26. The van der Waals surface area contributed by atoms with Crippen LogP contribution < -0.4 is 11.1 Å². The molecule has 0 radical (unpaired) electrons. The van der Waals surface area contributed by atoms with Crippen LogP contribution in [0.1, 0.15) is 33.1 Å². The zero-order chi connectivity index (χ0) is 13.5. The van der Waals surface area contributed by atoms with Crippen molar-refractivity contribution in [3.63, 3.8) is 0 Å². The number of hydrogen-bond acceptors (Lipinski definition) is 6. The quantitative estimate of drug-likeness (QED) is 0.569. The maximum Gasteiger partial charge on any atom is 0.352 e. The minimum Gasteiger partial charge on any atom is -0.378 e. The summed E-state index contributed by atoms with van der Waals surface area (Å²) in [6.45, 7) is 4.88. The predicted octanol–water partition coefficient (Wildman–Crippen LogP) is 2.21. The van der Waals surface area contributed by atoms with Crippen molar-refractivity contribution in [2.45, 2.75) is 33.1 Å². The SMILES string of the molecule is CCC[C@@H](CC)CNc1ncnc(N)c1[N+](=O)[O-]. The molecule has 100 valence electrons. The van der Waals surface area contributed by atoms with Crippen LogP contribution >= 0.6 is 0 Å². The van der Waals surface area contributed by atoms with Crippen LogP contribution in [0.25, 0.3) is 0 Å². The van der Waals surface area contributed by atoms with Crippen molar-refractivity contribution in [2.75, 3.05) is 17.6 Å². The van der Waals surface area contributed by atoms with Gasteiger partial charge in [-0.1, -0.05) is 26.7 Å². The number of nitrogens with two attached hydrogens (primary N) is 1. The molecule has 0 aliphatic carbocycles. The van der Waals surface area contributed by atoms with E-state index in [9.17, 15) is 10.1 Å². The number of nitro groups is 1. The molecule has 0 amide bonds. The van der Waals surface area contributed by atoms with Gasteiger partial charge < -0.3 is 11.1 Å². The van der Waals surface area contributed by atoms with Crippen LogP contribution in [0.15, 0.2) is 6.33 Å². The number of hydrogen-bond donors (Lipinski definition) is 2. The average Bonchev–Trinajstić information content (AvgIpc) is 2.33. The minimum absolute atomic E-state index is 0.110. The second kappa shape index (κ2) is 6.73. The summed E-state index contributed by atoms with van der Waals surface area (Å²) in [7, 11) is 0. The highest BCUT2D eigenvalue weighted by Gasteiger charge is 2.21. The van der Waals surface area contributed by atoms with Crippen LogP contribution in [0, 0.1) is 16.0 Å². The van der Waals surface area contributed by atoms with Gasteiger partial charge in [-0.25, -0.2) is 9.97 Å². The Balaban J connectivity index is 2.78. The van der Waals surface area contributed by atoms with Gasteiger partial charge in [0.25, 0.3) is 0 Å². The Bertz CT molecular complexity index is 410. The van der Waals surface area contributed by atoms with Crippen LogP contribution in [-0.4, -0.2) is 21.4 Å². The van der Waals surface area contributed by atoms with Crippen molar-refractivity contribution in [1.29, 1.82) is 0 Å². The lowest BCUT2D eigenvalue weighted by Crippen LogP contribution is -2.16. The number of anilines is 2. The first kappa shape index (κ1) is 14.1. The number of rotatable bonds is 7. The molecule has 0 bridgehead atoms. The first-order chi connectivity index (χ1) is 8.60. The molecule has 1 aromatic rings. The Hall–Kier alpha value is -1.92. The molecule has 1 atom stereocenters. The molecule has 3 N–H and O–H groups in total. The molecule has 7 heteroatoms. The molecule has 0 spiro atoms. The van der Waals surface area contributed by atoms with Gasteiger partial charge in [-0.15, -0.1) is 0 Å². The van der Waals surface area contributed by atoms with Gasteiger partial charge in [0.2, 0.25) is 11.6 Å². The fourth-order valence-electron chi connectivity index (χ4n) is 1.80. The molecule has 7 nitrogen and oxygen atoms in total. The van der Waals surface area contributed by atoms with Crippen molar-refractivity contribution in [3.05, 3.63) is 16.4 Å². The molecule has 1 aromatic heterocycles. The third-order valence-electron chi connectivity index (χ3n) is 2.87. The van der Waals surface area contributed by atoms with Crippen LogP contribution in [0.5, 0.6) is 0 Å². The summed E-state index contributed by atoms with van der Waals surface area (Å²) in [5.74, 6) is 0.564. The van der Waals surface area contributed by atoms with E-state index in [0.717, 1.165) is 19.3 Å². The smallest absolute Gasteiger partial charge is 0.352 e. The summed E-state index contributed by atoms with van der Waals surface area (Å²) in [6, 6.07) is 0. The van der Waals surface area contributed by atoms with E-state index in [0.29, 0.717) is 12.5 Å². The number of nitrogens with zero attached hydrogens (tertiary/aromatic N) is 3. The second-order valence-electron chi connectivity index (χ2n) is 4.16. The summed E-state index contributed by atoms with van der Waals surface area (Å²) in [5.41, 5.74) is 5.24. The van der Waals surface area contributed by atoms with Crippen molar-refractivity contribution in [1.82, 2.24) is 9.97 Å². The number of nitrogens with one attached hydrogen (secondary N) is 1. The largest absolute Gasteiger partial charge is 0.378 e. The van der Waals surface area contributed by atoms with Crippen molar-refractivity contribution in [2.24, 2.45) is 5.92 Å². The number of aromatic nitrogens is 2. The van der Waals surface area contributed by atoms with Gasteiger partial charge in [-0.2, -0.15) is 0 Å². The zero-order valence-corrected chi connectivity index (χ0v) is 10.7. The van der Waals surface area contributed by atoms with Gasteiger partial charge in [0.05, 0.1) is 4.92 Å². The monoisotopic (exact) mass is 253 g/mol. The van der Waals surface area contributed by atoms with Crippen molar-refractivity contribution >= 4 is 17.3 Å². The van der Waals surface area contributed by atoms with Crippen LogP contribution in [-0.2, 0) is 0 Å². The van der Waals surface area contributed by atoms with E-state index in [1.54, 1.807) is 0 Å². The Kier molecular flexibility index (Phi) is 5.29. The van der Waals surface area contributed by atoms with Gasteiger partial charge in [0, 0.05) is 6.54 Å². The molecular weight excluding hydrogens is 234 g/mol. The highest BCUT2D eigenvalue weighted by atomic mass is 16.6. The minimum atomic E-state index is -0.557. The van der Waals surface area contributed by atoms with Gasteiger partial charge in [0.15, 0.2) is 0 Å². The molecule has 0 aliphatic rings. The molecule has 0 saturated carbocycles. The topological polar surface area (TPSA) is 107 Å². The summed E-state index contributed by atoms with van der Waals surface area (Å²) in [4.78, 5) is 17.8. The zero-order valence-electron chi connectivity index (χ0n) is 10.7. The molecule has 0 aliphatic heterocycles. The van der Waals surface area contributed by atoms with E-state index >= 15 is 0 Å². The predicted molar refractivity (Wildman–Crippen MR) is 70.3 cm³/mol. The Morgan fingerprint density at radius 2 is 2.22 bits per heavy atom. The third-order valence-corrected chi connectivity index (χ3v) is 2.87. The lowest BCUT2D eigenvalue weighted by molar-refractivity contribution is -0.383. The van der Waals surface area contributed by atoms with Crippen molar-refractivity contribution in [3.8, 4) is 0 Å². The van der Waals surface area contributed by atoms with Crippen molar-refractivity contribution < 1.29 is 4.92 Å². The average molecular weight is 253 g/mol. The molecule has 18 heavy (non-hydrogen) atoms. The van der Waals surface area contributed by atoms with E-state index in [2.05, 4.69) is 29.1 Å². The second-order valence-corrected chi connectivity index (χ2v) is 4.16. The van der Waals surface area contributed by atoms with E-state index in [-0.39, 0.29) is 17.3 Å². The van der Waals surface area contributed by atoms with Gasteiger partial charge in [-0.05, 0) is 12.3 Å². The lowest BCUT2D eigenvalue weighted by Gasteiger charge is -2.14. The Morgan fingerprint density at radius 3 is 2.78 bits per heavy atom. The standard InChI is InChI=1S/C11H19N5O2/c1-3-5-8(4-2)6-13-11-9(16(17)18)10(12)14-7-15-11/h7-8H,3-6H2,1-2H3,(H3,12,13,14,15)/t8-/m1/s1. The summed E-state index contributed by atoms with van der Waals surface area (Å²) in [6.07, 6.45) is 4.42. The van der Waals surface area contributed by atoms with E-state index in [1.807, 2.05) is 0 Å². The highest BCUT2D eigenvalue weighted by molar-refractivity contribution is 5.67. The molecule has 0 saturated heterocycles. The molecule has 1 heterocycles. The van der Waals surface area contributed by atoms with Crippen LogP contribution in [0.3, 0.4) is 0 Å². The van der Waals surface area contributed by atoms with Gasteiger partial charge in [0.1, 0.15) is 6.33 Å². The lowest BCUT2D eigenvalue weighted by atomic mass is 10.0. The number of nitrogen functional groups attached to an aromatic ring is 1. The fraction of sp³-hybridized carbons (Fsp3) is 0.636. The van der Waals surface area contributed by atoms with Gasteiger partial charge >= 0.3 is 5.69 Å². The summed E-state index contributed by atoms with van der Waals surface area (Å²) in [5, 5.41) is 13.9. The maximum atomic E-state index is 10.9. The van der Waals surface area contributed by atoms with E-state index in [4.69, 9.17) is 5.73 Å². The first-order valence-electron chi connectivity index (χ1n) is 6.08. The molecule has 1 rings (SSSR count). The third kappa shape index (κ3) is 3.54.